The van der Waals surface area contributed by atoms with Crippen molar-refractivity contribution in [1.82, 2.24) is 9.97 Å². The van der Waals surface area contributed by atoms with Gasteiger partial charge in [-0.2, -0.15) is 13.2 Å². The fourth-order valence-corrected chi connectivity index (χ4v) is 1.33. The molecule has 88 valence electrons. The number of benzene rings is 1. The van der Waals surface area contributed by atoms with Crippen LogP contribution in [0.5, 0.6) is 0 Å². The number of aromatic amines is 1. The van der Waals surface area contributed by atoms with Crippen LogP contribution in [0.2, 0.25) is 0 Å². The summed E-state index contributed by atoms with van der Waals surface area (Å²) in [5.74, 6) is 0.120. The van der Waals surface area contributed by atoms with E-state index in [1.54, 1.807) is 0 Å². The van der Waals surface area contributed by atoms with Gasteiger partial charge in [0.1, 0.15) is 12.1 Å². The summed E-state index contributed by atoms with van der Waals surface area (Å²) in [4.78, 5) is 16.3. The molecule has 0 spiro atoms. The Morgan fingerprint density at radius 1 is 1.18 bits per heavy atom. The maximum atomic E-state index is 12.3. The lowest BCUT2D eigenvalue weighted by Crippen LogP contribution is -2.04. The molecule has 2 rings (SSSR count). The van der Waals surface area contributed by atoms with Gasteiger partial charge >= 0.3 is 6.18 Å². The number of aromatic nitrogens is 2. The van der Waals surface area contributed by atoms with Gasteiger partial charge in [-0.05, 0) is 0 Å². The SMILES string of the molecule is O=Cc1ccc(-c2nc(C(F)(F)F)c[nH]2)cc1. The molecule has 1 aromatic carbocycles. The van der Waals surface area contributed by atoms with Crippen LogP contribution in [0.1, 0.15) is 16.1 Å². The second-order valence-corrected chi connectivity index (χ2v) is 3.37. The zero-order chi connectivity index (χ0) is 12.5. The van der Waals surface area contributed by atoms with E-state index in [-0.39, 0.29) is 5.82 Å². The second-order valence-electron chi connectivity index (χ2n) is 3.37. The molecule has 0 fully saturated rings. The maximum absolute atomic E-state index is 12.3. The minimum atomic E-state index is -4.46. The van der Waals surface area contributed by atoms with E-state index < -0.39 is 11.9 Å². The van der Waals surface area contributed by atoms with Gasteiger partial charge in [-0.25, -0.2) is 4.98 Å². The van der Waals surface area contributed by atoms with Crippen molar-refractivity contribution in [3.63, 3.8) is 0 Å². The summed E-state index contributed by atoms with van der Waals surface area (Å²) >= 11 is 0. The first-order valence-electron chi connectivity index (χ1n) is 4.69. The van der Waals surface area contributed by atoms with Crippen LogP contribution < -0.4 is 0 Å². The van der Waals surface area contributed by atoms with Crippen LogP contribution >= 0.6 is 0 Å². The highest BCUT2D eigenvalue weighted by molar-refractivity contribution is 5.76. The van der Waals surface area contributed by atoms with Gasteiger partial charge in [-0.1, -0.05) is 24.3 Å². The lowest BCUT2D eigenvalue weighted by Gasteiger charge is -2.00. The normalized spacial score (nSPS) is 11.5. The van der Waals surface area contributed by atoms with Crippen LogP contribution in [0.15, 0.2) is 30.5 Å². The smallest absolute Gasteiger partial charge is 0.344 e. The molecule has 0 atom stereocenters. The van der Waals surface area contributed by atoms with Gasteiger partial charge in [0.25, 0.3) is 0 Å². The Hall–Kier alpha value is -2.11. The summed E-state index contributed by atoms with van der Waals surface area (Å²) < 4.78 is 36.9. The number of aldehydes is 1. The number of H-pyrrole nitrogens is 1. The minimum absolute atomic E-state index is 0.120. The highest BCUT2D eigenvalue weighted by Crippen LogP contribution is 2.29. The molecule has 1 N–H and O–H groups in total. The first-order chi connectivity index (χ1) is 8.00. The Morgan fingerprint density at radius 3 is 2.29 bits per heavy atom. The molecule has 0 bridgehead atoms. The van der Waals surface area contributed by atoms with Crippen molar-refractivity contribution < 1.29 is 18.0 Å². The average molecular weight is 240 g/mol. The molecule has 0 radical (unpaired) electrons. The number of imidazole rings is 1. The number of halogens is 3. The molecule has 2 aromatic rings. The van der Waals surface area contributed by atoms with E-state index in [2.05, 4.69) is 9.97 Å². The number of alkyl halides is 3. The van der Waals surface area contributed by atoms with Gasteiger partial charge < -0.3 is 4.98 Å². The molecule has 0 unspecified atom stereocenters. The molecular weight excluding hydrogens is 233 g/mol. The van der Waals surface area contributed by atoms with Crippen molar-refractivity contribution in [2.24, 2.45) is 0 Å². The molecule has 17 heavy (non-hydrogen) atoms. The van der Waals surface area contributed by atoms with E-state index in [0.29, 0.717) is 17.4 Å². The van der Waals surface area contributed by atoms with E-state index in [1.165, 1.54) is 24.3 Å². The van der Waals surface area contributed by atoms with Gasteiger partial charge in [-0.15, -0.1) is 0 Å². The topological polar surface area (TPSA) is 45.8 Å². The third kappa shape index (κ3) is 2.35. The summed E-state index contributed by atoms with van der Waals surface area (Å²) in [7, 11) is 0. The molecule has 0 aliphatic rings. The summed E-state index contributed by atoms with van der Waals surface area (Å²) in [5, 5.41) is 0. The van der Waals surface area contributed by atoms with Gasteiger partial charge in [0, 0.05) is 17.3 Å². The maximum Gasteiger partial charge on any atom is 0.434 e. The fraction of sp³-hybridized carbons (Fsp3) is 0.0909. The van der Waals surface area contributed by atoms with Crippen LogP contribution in [-0.4, -0.2) is 16.3 Å². The van der Waals surface area contributed by atoms with E-state index in [4.69, 9.17) is 0 Å². The van der Waals surface area contributed by atoms with Crippen molar-refractivity contribution >= 4 is 6.29 Å². The standard InChI is InChI=1S/C11H7F3N2O/c12-11(13,14)9-5-15-10(16-9)8-3-1-7(6-17)2-4-8/h1-6H,(H,15,16). The number of carbonyl (C=O) groups is 1. The van der Waals surface area contributed by atoms with Gasteiger partial charge in [-0.3, -0.25) is 4.79 Å². The van der Waals surface area contributed by atoms with Crippen molar-refractivity contribution in [3.8, 4) is 11.4 Å². The molecular formula is C11H7F3N2O. The predicted molar refractivity (Wildman–Crippen MR) is 54.4 cm³/mol. The third-order valence-electron chi connectivity index (χ3n) is 2.19. The number of nitrogens with one attached hydrogen (secondary N) is 1. The van der Waals surface area contributed by atoms with Crippen LogP contribution in [-0.2, 0) is 6.18 Å². The van der Waals surface area contributed by atoms with Crippen molar-refractivity contribution in [2.75, 3.05) is 0 Å². The highest BCUT2D eigenvalue weighted by Gasteiger charge is 2.33. The van der Waals surface area contributed by atoms with Crippen LogP contribution in [0, 0.1) is 0 Å². The minimum Gasteiger partial charge on any atom is -0.344 e. The monoisotopic (exact) mass is 240 g/mol. The molecule has 0 amide bonds. The third-order valence-corrected chi connectivity index (χ3v) is 2.19. The molecule has 0 saturated carbocycles. The number of carbonyl (C=O) groups excluding carboxylic acids is 1. The predicted octanol–water partition coefficient (Wildman–Crippen LogP) is 2.91. The molecule has 0 aliphatic carbocycles. The van der Waals surface area contributed by atoms with Crippen LogP contribution in [0.25, 0.3) is 11.4 Å². The van der Waals surface area contributed by atoms with Crippen LogP contribution in [0.3, 0.4) is 0 Å². The zero-order valence-corrected chi connectivity index (χ0v) is 8.45. The quantitative estimate of drug-likeness (QED) is 0.820. The molecule has 0 saturated heterocycles. The zero-order valence-electron chi connectivity index (χ0n) is 8.45. The molecule has 6 heteroatoms. The first kappa shape index (κ1) is 11.4. The largest absolute Gasteiger partial charge is 0.434 e. The Kier molecular flexibility index (Phi) is 2.71. The Bertz CT molecular complexity index is 528. The number of nitrogens with zero attached hydrogens (tertiary/aromatic N) is 1. The lowest BCUT2D eigenvalue weighted by molar-refractivity contribution is -0.140. The molecule has 1 aromatic heterocycles. The Balaban J connectivity index is 2.33. The van der Waals surface area contributed by atoms with E-state index in [0.717, 1.165) is 6.20 Å². The molecule has 3 nitrogen and oxygen atoms in total. The van der Waals surface area contributed by atoms with E-state index >= 15 is 0 Å². The van der Waals surface area contributed by atoms with E-state index in [9.17, 15) is 18.0 Å². The highest BCUT2D eigenvalue weighted by atomic mass is 19.4. The molecule has 0 aliphatic heterocycles. The van der Waals surface area contributed by atoms with Crippen molar-refractivity contribution in [3.05, 3.63) is 41.7 Å². The number of rotatable bonds is 2. The second kappa shape index (κ2) is 4.04. The van der Waals surface area contributed by atoms with Gasteiger partial charge in [0.15, 0.2) is 5.69 Å². The van der Waals surface area contributed by atoms with E-state index in [1.807, 2.05) is 0 Å². The first-order valence-corrected chi connectivity index (χ1v) is 4.69. The van der Waals surface area contributed by atoms with Crippen molar-refractivity contribution in [1.29, 1.82) is 0 Å². The summed E-state index contributed by atoms with van der Waals surface area (Å²) in [6.45, 7) is 0. The number of hydrogen-bond donors (Lipinski definition) is 1. The average Bonchev–Trinajstić information content (AvgIpc) is 2.78. The Labute approximate surface area is 94.3 Å². The Morgan fingerprint density at radius 2 is 1.82 bits per heavy atom. The number of hydrogen-bond acceptors (Lipinski definition) is 2. The summed E-state index contributed by atoms with van der Waals surface area (Å²) in [6.07, 6.45) is -2.99. The van der Waals surface area contributed by atoms with Crippen molar-refractivity contribution in [2.45, 2.75) is 6.18 Å². The van der Waals surface area contributed by atoms with Crippen LogP contribution in [0.4, 0.5) is 13.2 Å². The summed E-state index contributed by atoms with van der Waals surface area (Å²) in [6, 6.07) is 6.08. The lowest BCUT2D eigenvalue weighted by atomic mass is 10.1. The van der Waals surface area contributed by atoms with Gasteiger partial charge in [0.2, 0.25) is 0 Å². The van der Waals surface area contributed by atoms with Gasteiger partial charge in [0.05, 0.1) is 0 Å². The fourth-order valence-electron chi connectivity index (χ4n) is 1.33. The molecule has 1 heterocycles. The summed E-state index contributed by atoms with van der Waals surface area (Å²) in [5.41, 5.74) is -0.0191.